The smallest absolute Gasteiger partial charge is 0.271 e. The topological polar surface area (TPSA) is 94.3 Å². The minimum Gasteiger partial charge on any atom is -0.321 e. The van der Waals surface area contributed by atoms with Gasteiger partial charge >= 0.3 is 0 Å². The normalized spacial score (nSPS) is 14.2. The third kappa shape index (κ3) is 2.71. The lowest BCUT2D eigenvalue weighted by Crippen LogP contribution is -2.32. The minimum absolute atomic E-state index is 0.190. The highest BCUT2D eigenvalue weighted by atomic mass is 16.2. The van der Waals surface area contributed by atoms with Gasteiger partial charge in [0.05, 0.1) is 11.6 Å². The molecule has 1 aromatic carbocycles. The largest absolute Gasteiger partial charge is 0.321 e. The van der Waals surface area contributed by atoms with Gasteiger partial charge in [0.25, 0.3) is 5.91 Å². The van der Waals surface area contributed by atoms with E-state index in [4.69, 9.17) is 5.26 Å². The van der Waals surface area contributed by atoms with E-state index in [0.29, 0.717) is 23.4 Å². The van der Waals surface area contributed by atoms with E-state index in [1.807, 2.05) is 6.07 Å². The summed E-state index contributed by atoms with van der Waals surface area (Å²) in [6, 6.07) is 8.49. The number of hydrogen-bond donors (Lipinski definition) is 2. The number of hydrogen-bond acceptors (Lipinski definition) is 4. The standard InChI is InChI=1S/C12H10N4O2/c13-7-8-1-3-9(4-2-8)14-12(18)10-5-6-11(17)16-15-10/h1-4H,5-6H2,(H,14,18)(H,16,17). The summed E-state index contributed by atoms with van der Waals surface area (Å²) in [7, 11) is 0. The first kappa shape index (κ1) is 11.8. The summed E-state index contributed by atoms with van der Waals surface area (Å²) < 4.78 is 0. The van der Waals surface area contributed by atoms with E-state index >= 15 is 0 Å². The summed E-state index contributed by atoms with van der Waals surface area (Å²) >= 11 is 0. The number of nitrogens with one attached hydrogen (secondary N) is 2. The fourth-order valence-corrected chi connectivity index (χ4v) is 1.47. The fraction of sp³-hybridized carbons (Fsp3) is 0.167. The van der Waals surface area contributed by atoms with Crippen LogP contribution in [0, 0.1) is 11.3 Å². The highest BCUT2D eigenvalue weighted by Crippen LogP contribution is 2.10. The van der Waals surface area contributed by atoms with E-state index < -0.39 is 0 Å². The second-order valence-electron chi connectivity index (χ2n) is 3.74. The highest BCUT2D eigenvalue weighted by Gasteiger charge is 2.18. The van der Waals surface area contributed by atoms with E-state index in [-0.39, 0.29) is 18.2 Å². The Hall–Kier alpha value is -2.68. The van der Waals surface area contributed by atoms with Gasteiger partial charge in [-0.2, -0.15) is 10.4 Å². The molecule has 6 heteroatoms. The Morgan fingerprint density at radius 2 is 2.06 bits per heavy atom. The average Bonchev–Trinajstić information content (AvgIpc) is 2.40. The van der Waals surface area contributed by atoms with Crippen LogP contribution in [0.4, 0.5) is 5.69 Å². The number of benzene rings is 1. The molecule has 2 amide bonds. The van der Waals surface area contributed by atoms with Crippen LogP contribution in [0.15, 0.2) is 29.4 Å². The quantitative estimate of drug-likeness (QED) is 0.801. The van der Waals surface area contributed by atoms with Crippen LogP contribution < -0.4 is 10.7 Å². The summed E-state index contributed by atoms with van der Waals surface area (Å²) in [5, 5.41) is 15.0. The molecule has 0 bridgehead atoms. The summed E-state index contributed by atoms with van der Waals surface area (Å²) in [5.41, 5.74) is 3.66. The third-order valence-corrected chi connectivity index (χ3v) is 2.44. The lowest BCUT2D eigenvalue weighted by atomic mass is 10.1. The Labute approximate surface area is 103 Å². The summed E-state index contributed by atoms with van der Waals surface area (Å²) in [6.07, 6.45) is 0.591. The molecular weight excluding hydrogens is 232 g/mol. The molecule has 1 aliphatic rings. The second kappa shape index (κ2) is 5.10. The molecular formula is C12H10N4O2. The number of amides is 2. The van der Waals surface area contributed by atoms with Crippen molar-refractivity contribution in [2.75, 3.05) is 5.32 Å². The van der Waals surface area contributed by atoms with E-state index in [0.717, 1.165) is 0 Å². The molecule has 0 radical (unpaired) electrons. The van der Waals surface area contributed by atoms with Crippen molar-refractivity contribution in [3.8, 4) is 6.07 Å². The summed E-state index contributed by atoms with van der Waals surface area (Å²) in [4.78, 5) is 22.6. The number of nitrogens with zero attached hydrogens (tertiary/aromatic N) is 2. The maximum atomic E-state index is 11.8. The van der Waals surface area contributed by atoms with Crippen molar-refractivity contribution in [2.45, 2.75) is 12.8 Å². The van der Waals surface area contributed by atoms with Gasteiger partial charge in [-0.3, -0.25) is 9.59 Å². The molecule has 0 unspecified atom stereocenters. The van der Waals surface area contributed by atoms with Gasteiger partial charge in [0, 0.05) is 18.5 Å². The Kier molecular flexibility index (Phi) is 3.34. The van der Waals surface area contributed by atoms with Gasteiger partial charge < -0.3 is 5.32 Å². The fourth-order valence-electron chi connectivity index (χ4n) is 1.47. The van der Waals surface area contributed by atoms with Crippen molar-refractivity contribution in [3.05, 3.63) is 29.8 Å². The van der Waals surface area contributed by atoms with Gasteiger partial charge in [0.15, 0.2) is 0 Å². The van der Waals surface area contributed by atoms with Gasteiger partial charge in [-0.1, -0.05) is 0 Å². The molecule has 2 N–H and O–H groups in total. The van der Waals surface area contributed by atoms with Crippen LogP contribution in [0.1, 0.15) is 18.4 Å². The second-order valence-corrected chi connectivity index (χ2v) is 3.74. The predicted molar refractivity (Wildman–Crippen MR) is 64.6 cm³/mol. The molecule has 0 aliphatic carbocycles. The molecule has 0 atom stereocenters. The van der Waals surface area contributed by atoms with Crippen molar-refractivity contribution in [3.63, 3.8) is 0 Å². The number of anilines is 1. The van der Waals surface area contributed by atoms with Crippen molar-refractivity contribution >= 4 is 23.2 Å². The lowest BCUT2D eigenvalue weighted by Gasteiger charge is -2.11. The van der Waals surface area contributed by atoms with E-state index in [2.05, 4.69) is 15.8 Å². The summed E-state index contributed by atoms with van der Waals surface area (Å²) in [5.74, 6) is -0.537. The molecule has 0 saturated heterocycles. The zero-order chi connectivity index (χ0) is 13.0. The van der Waals surface area contributed by atoms with Crippen LogP contribution in [0.2, 0.25) is 0 Å². The van der Waals surface area contributed by atoms with E-state index in [1.165, 1.54) is 0 Å². The number of nitriles is 1. The number of rotatable bonds is 2. The first-order valence-electron chi connectivity index (χ1n) is 5.36. The van der Waals surface area contributed by atoms with Crippen molar-refractivity contribution in [1.82, 2.24) is 5.43 Å². The Balaban J connectivity index is 2.03. The van der Waals surface area contributed by atoms with E-state index in [9.17, 15) is 9.59 Å². The van der Waals surface area contributed by atoms with Crippen molar-refractivity contribution in [2.24, 2.45) is 5.10 Å². The maximum absolute atomic E-state index is 11.8. The van der Waals surface area contributed by atoms with Crippen molar-refractivity contribution in [1.29, 1.82) is 5.26 Å². The third-order valence-electron chi connectivity index (χ3n) is 2.44. The molecule has 6 nitrogen and oxygen atoms in total. The molecule has 0 aromatic heterocycles. The number of carbonyl (C=O) groups excluding carboxylic acids is 2. The average molecular weight is 242 g/mol. The van der Waals surface area contributed by atoms with Crippen LogP contribution in [0.5, 0.6) is 0 Å². The molecule has 1 heterocycles. The first-order chi connectivity index (χ1) is 8.69. The van der Waals surface area contributed by atoms with Crippen molar-refractivity contribution < 1.29 is 9.59 Å². The van der Waals surface area contributed by atoms with Crippen LogP contribution >= 0.6 is 0 Å². The van der Waals surface area contributed by atoms with Gasteiger partial charge in [-0.15, -0.1) is 0 Å². The molecule has 18 heavy (non-hydrogen) atoms. The maximum Gasteiger partial charge on any atom is 0.271 e. The van der Waals surface area contributed by atoms with Crippen LogP contribution in [-0.2, 0) is 9.59 Å². The molecule has 0 saturated carbocycles. The zero-order valence-electron chi connectivity index (χ0n) is 9.43. The molecule has 0 fully saturated rings. The van der Waals surface area contributed by atoms with Crippen LogP contribution in [0.3, 0.4) is 0 Å². The van der Waals surface area contributed by atoms with Gasteiger partial charge in [-0.05, 0) is 24.3 Å². The van der Waals surface area contributed by atoms with Crippen LogP contribution in [0.25, 0.3) is 0 Å². The van der Waals surface area contributed by atoms with Gasteiger partial charge in [-0.25, -0.2) is 5.43 Å². The Bertz CT molecular complexity index is 554. The van der Waals surface area contributed by atoms with Gasteiger partial charge in [0.1, 0.15) is 5.71 Å². The first-order valence-corrected chi connectivity index (χ1v) is 5.36. The van der Waals surface area contributed by atoms with Crippen LogP contribution in [-0.4, -0.2) is 17.5 Å². The minimum atomic E-state index is -0.347. The highest BCUT2D eigenvalue weighted by molar-refractivity contribution is 6.43. The van der Waals surface area contributed by atoms with E-state index in [1.54, 1.807) is 24.3 Å². The number of carbonyl (C=O) groups is 2. The predicted octanol–water partition coefficient (Wildman–Crippen LogP) is 0.763. The Morgan fingerprint density at radius 3 is 2.61 bits per heavy atom. The summed E-state index contributed by atoms with van der Waals surface area (Å²) in [6.45, 7) is 0. The number of hydrazone groups is 1. The monoisotopic (exact) mass is 242 g/mol. The molecule has 2 rings (SSSR count). The lowest BCUT2D eigenvalue weighted by molar-refractivity contribution is -0.121. The molecule has 0 spiro atoms. The molecule has 90 valence electrons. The Morgan fingerprint density at radius 1 is 1.33 bits per heavy atom. The SMILES string of the molecule is N#Cc1ccc(NC(=O)C2=NNC(=O)CC2)cc1. The zero-order valence-corrected chi connectivity index (χ0v) is 9.43. The molecule has 1 aromatic rings. The molecule has 1 aliphatic heterocycles. The van der Waals surface area contributed by atoms with Gasteiger partial charge in [0.2, 0.25) is 5.91 Å².